The standard InChI is InChI=1S/C46H51N5O/c1-44(2,3)36-26-33(20-22-38-37(30-49)43(35(28-47)29-48)52-46(38,6)7)42(50-24-14-9-15-25-50)34(27-36)21-23-41-45(4,5)39-18-12-13-19-40(39)51(41)31-32-16-10-8-11-17-32/h8,10-13,16-23,36H,9,14-15,24-27,31H2,1-7H3/b22-20+,34-21+,41-23+. The van der Waals surface area contributed by atoms with Gasteiger partial charge in [-0.15, -0.1) is 0 Å². The molecule has 1 fully saturated rings. The van der Waals surface area contributed by atoms with Gasteiger partial charge in [-0.05, 0) is 91.7 Å². The summed E-state index contributed by atoms with van der Waals surface area (Å²) in [6.07, 6.45) is 14.5. The highest BCUT2D eigenvalue weighted by atomic mass is 16.5. The molecular weight excluding hydrogens is 639 g/mol. The minimum Gasteiger partial charge on any atom is -0.480 e. The van der Waals surface area contributed by atoms with Crippen LogP contribution in [0.1, 0.15) is 91.7 Å². The Morgan fingerprint density at radius 1 is 0.865 bits per heavy atom. The van der Waals surface area contributed by atoms with Gasteiger partial charge in [0.2, 0.25) is 0 Å². The average Bonchev–Trinajstić information content (AvgIpc) is 3.51. The van der Waals surface area contributed by atoms with Gasteiger partial charge in [-0.1, -0.05) is 101 Å². The van der Waals surface area contributed by atoms with Gasteiger partial charge in [0.15, 0.2) is 11.3 Å². The SMILES string of the molecule is CC1(C)OC(=C(C#N)C#N)C(C#N)=C1/C=C/C1=C(N2CCCCC2)C(=C/C=C2/N(Cc3ccccc3)c3ccccc3C2(C)C)/CC(C(C)(C)C)C1. The zero-order valence-electron chi connectivity index (χ0n) is 31.9. The van der Waals surface area contributed by atoms with E-state index in [0.717, 1.165) is 45.3 Å². The smallest absolute Gasteiger partial charge is 0.172 e. The Morgan fingerprint density at radius 3 is 2.19 bits per heavy atom. The maximum absolute atomic E-state index is 10.2. The number of nitrogens with zero attached hydrogens (tertiary/aromatic N) is 5. The summed E-state index contributed by atoms with van der Waals surface area (Å²) in [6.45, 7) is 18.3. The van der Waals surface area contributed by atoms with E-state index in [9.17, 15) is 15.8 Å². The third-order valence-electron chi connectivity index (χ3n) is 11.4. The van der Waals surface area contributed by atoms with Gasteiger partial charge in [0.1, 0.15) is 29.4 Å². The zero-order chi connectivity index (χ0) is 37.3. The first-order valence-corrected chi connectivity index (χ1v) is 18.7. The number of likely N-dealkylation sites (tertiary alicyclic amines) is 1. The minimum atomic E-state index is -0.867. The van der Waals surface area contributed by atoms with Crippen LogP contribution in [0.15, 0.2) is 124 Å². The van der Waals surface area contributed by atoms with Crippen molar-refractivity contribution in [3.8, 4) is 18.2 Å². The van der Waals surface area contributed by atoms with Gasteiger partial charge < -0.3 is 14.5 Å². The number of allylic oxidation sites excluding steroid dienone is 8. The van der Waals surface area contributed by atoms with Crippen LogP contribution in [0.3, 0.4) is 0 Å². The number of rotatable bonds is 6. The molecule has 6 rings (SSSR count). The Hall–Kier alpha value is -5.25. The molecule has 1 unspecified atom stereocenters. The number of hydrogen-bond acceptors (Lipinski definition) is 6. The third kappa shape index (κ3) is 6.98. The fourth-order valence-electron chi connectivity index (χ4n) is 8.36. The van der Waals surface area contributed by atoms with Gasteiger partial charge in [-0.25, -0.2) is 0 Å². The van der Waals surface area contributed by atoms with Crippen molar-refractivity contribution >= 4 is 5.69 Å². The van der Waals surface area contributed by atoms with Gasteiger partial charge >= 0.3 is 0 Å². The van der Waals surface area contributed by atoms with E-state index in [1.54, 1.807) is 0 Å². The summed E-state index contributed by atoms with van der Waals surface area (Å²) in [5.74, 6) is 0.474. The summed E-state index contributed by atoms with van der Waals surface area (Å²) in [5.41, 5.74) is 8.87. The van der Waals surface area contributed by atoms with E-state index in [-0.39, 0.29) is 27.7 Å². The summed E-state index contributed by atoms with van der Waals surface area (Å²) in [4.78, 5) is 5.09. The summed E-state index contributed by atoms with van der Waals surface area (Å²) in [5, 5.41) is 29.5. The van der Waals surface area contributed by atoms with Gasteiger partial charge in [-0.3, -0.25) is 0 Å². The molecule has 0 aromatic heterocycles. The Morgan fingerprint density at radius 2 is 1.54 bits per heavy atom. The molecule has 0 bridgehead atoms. The molecule has 4 aliphatic rings. The number of anilines is 1. The quantitative estimate of drug-likeness (QED) is 0.281. The van der Waals surface area contributed by atoms with Crippen molar-refractivity contribution in [2.45, 2.75) is 98.1 Å². The maximum atomic E-state index is 10.2. The zero-order valence-corrected chi connectivity index (χ0v) is 31.9. The Kier molecular flexibility index (Phi) is 10.1. The molecule has 1 saturated heterocycles. The highest BCUT2D eigenvalue weighted by Gasteiger charge is 2.41. The van der Waals surface area contributed by atoms with Crippen LogP contribution in [0.25, 0.3) is 0 Å². The van der Waals surface area contributed by atoms with Crippen molar-refractivity contribution < 1.29 is 4.74 Å². The van der Waals surface area contributed by atoms with E-state index in [2.05, 4.69) is 123 Å². The number of ether oxygens (including phenoxy) is 1. The van der Waals surface area contributed by atoms with Crippen molar-refractivity contribution in [1.82, 2.24) is 4.90 Å². The highest BCUT2D eigenvalue weighted by molar-refractivity contribution is 5.71. The molecule has 6 nitrogen and oxygen atoms in total. The van der Waals surface area contributed by atoms with Crippen molar-refractivity contribution in [3.63, 3.8) is 0 Å². The van der Waals surface area contributed by atoms with Gasteiger partial charge in [-0.2, -0.15) is 15.8 Å². The molecular formula is C46H51N5O. The Bertz CT molecular complexity index is 2020. The van der Waals surface area contributed by atoms with E-state index in [1.165, 1.54) is 45.8 Å². The van der Waals surface area contributed by atoms with Crippen LogP contribution < -0.4 is 4.90 Å². The van der Waals surface area contributed by atoms with Gasteiger partial charge in [0, 0.05) is 47.7 Å². The minimum absolute atomic E-state index is 0.0676. The van der Waals surface area contributed by atoms with E-state index in [4.69, 9.17) is 4.74 Å². The van der Waals surface area contributed by atoms with E-state index >= 15 is 0 Å². The number of benzene rings is 2. The lowest BCUT2D eigenvalue weighted by Gasteiger charge is -2.42. The van der Waals surface area contributed by atoms with Crippen LogP contribution in [0.4, 0.5) is 5.69 Å². The molecule has 0 spiro atoms. The molecule has 2 aromatic carbocycles. The number of nitriles is 3. The molecule has 1 aliphatic carbocycles. The van der Waals surface area contributed by atoms with Crippen LogP contribution in [-0.4, -0.2) is 23.6 Å². The number of fused-ring (bicyclic) bond motifs is 1. The molecule has 2 aromatic rings. The van der Waals surface area contributed by atoms with Crippen molar-refractivity contribution in [3.05, 3.63) is 135 Å². The predicted molar refractivity (Wildman–Crippen MR) is 208 cm³/mol. The molecule has 0 amide bonds. The molecule has 266 valence electrons. The summed E-state index contributed by atoms with van der Waals surface area (Å²) < 4.78 is 6.12. The monoisotopic (exact) mass is 689 g/mol. The molecule has 0 saturated carbocycles. The maximum Gasteiger partial charge on any atom is 0.172 e. The second-order valence-corrected chi connectivity index (χ2v) is 16.6. The third-order valence-corrected chi connectivity index (χ3v) is 11.4. The first-order chi connectivity index (χ1) is 24.8. The van der Waals surface area contributed by atoms with E-state index in [1.807, 2.05) is 32.1 Å². The first kappa shape index (κ1) is 36.5. The lowest BCUT2D eigenvalue weighted by atomic mass is 9.69. The van der Waals surface area contributed by atoms with Crippen LogP contribution >= 0.6 is 0 Å². The topological polar surface area (TPSA) is 87.1 Å². The van der Waals surface area contributed by atoms with Crippen LogP contribution in [0.5, 0.6) is 0 Å². The van der Waals surface area contributed by atoms with Crippen LogP contribution in [0, 0.1) is 45.3 Å². The summed E-state index contributed by atoms with van der Waals surface area (Å²) >= 11 is 0. The Labute approximate surface area is 311 Å². The molecule has 6 heteroatoms. The first-order valence-electron chi connectivity index (χ1n) is 18.7. The van der Waals surface area contributed by atoms with Gasteiger partial charge in [0.25, 0.3) is 0 Å². The second kappa shape index (κ2) is 14.4. The molecule has 1 atom stereocenters. The molecule has 3 heterocycles. The lowest BCUT2D eigenvalue weighted by Crippen LogP contribution is -2.35. The normalized spacial score (nSPS) is 22.8. The molecule has 52 heavy (non-hydrogen) atoms. The highest BCUT2D eigenvalue weighted by Crippen LogP contribution is 2.50. The van der Waals surface area contributed by atoms with Gasteiger partial charge in [0.05, 0.1) is 0 Å². The fraction of sp³-hybridized carbons (Fsp3) is 0.413. The molecule has 0 radical (unpaired) electrons. The number of piperidine rings is 1. The number of hydrogen-bond donors (Lipinski definition) is 0. The fourth-order valence-corrected chi connectivity index (χ4v) is 8.36. The van der Waals surface area contributed by atoms with Crippen molar-refractivity contribution in [2.75, 3.05) is 18.0 Å². The van der Waals surface area contributed by atoms with Crippen molar-refractivity contribution in [2.24, 2.45) is 11.3 Å². The Balaban J connectivity index is 1.52. The summed E-state index contributed by atoms with van der Waals surface area (Å²) in [7, 11) is 0. The van der Waals surface area contributed by atoms with Crippen LogP contribution in [-0.2, 0) is 16.7 Å². The van der Waals surface area contributed by atoms with Crippen molar-refractivity contribution in [1.29, 1.82) is 15.8 Å². The lowest BCUT2D eigenvalue weighted by molar-refractivity contribution is 0.0954. The largest absolute Gasteiger partial charge is 0.480 e. The summed E-state index contributed by atoms with van der Waals surface area (Å²) in [6, 6.07) is 25.6. The second-order valence-electron chi connectivity index (χ2n) is 16.6. The average molecular weight is 690 g/mol. The molecule has 0 N–H and O–H groups in total. The molecule has 3 aliphatic heterocycles. The number of para-hydroxylation sites is 1. The van der Waals surface area contributed by atoms with E-state index in [0.29, 0.717) is 11.5 Å². The van der Waals surface area contributed by atoms with E-state index < -0.39 is 5.60 Å². The predicted octanol–water partition coefficient (Wildman–Crippen LogP) is 10.5. The van der Waals surface area contributed by atoms with Crippen LogP contribution in [0.2, 0.25) is 0 Å².